The first kappa shape index (κ1) is 24.7. The van der Waals surface area contributed by atoms with E-state index in [1.165, 1.54) is 0 Å². The number of halogens is 1. The molecule has 0 atom stereocenters. The molecular weight excluding hydrogens is 485 g/mol. The molecule has 0 saturated carbocycles. The first-order valence-corrected chi connectivity index (χ1v) is 9.09. The second kappa shape index (κ2) is 13.0. The first-order valence-electron chi connectivity index (χ1n) is 9.09. The van der Waals surface area contributed by atoms with Crippen LogP contribution in [0.2, 0.25) is 0 Å². The normalized spacial score (nSPS) is 10.6. The summed E-state index contributed by atoms with van der Waals surface area (Å²) in [5, 5.41) is 6.58. The fourth-order valence-electron chi connectivity index (χ4n) is 2.77. The van der Waals surface area contributed by atoms with Gasteiger partial charge in [-0.1, -0.05) is 18.2 Å². The fourth-order valence-corrected chi connectivity index (χ4v) is 2.77. The molecule has 0 aromatic heterocycles. The second-order valence-electron chi connectivity index (χ2n) is 5.89. The molecule has 29 heavy (non-hydrogen) atoms. The van der Waals surface area contributed by atoms with E-state index < -0.39 is 0 Å². The molecule has 0 radical (unpaired) electrons. The maximum Gasteiger partial charge on any atom is 0.203 e. The molecule has 0 heterocycles. The van der Waals surface area contributed by atoms with E-state index in [1.54, 1.807) is 28.4 Å². The van der Waals surface area contributed by atoms with Gasteiger partial charge < -0.3 is 29.6 Å². The van der Waals surface area contributed by atoms with Crippen LogP contribution in [0.1, 0.15) is 18.1 Å². The number of nitrogens with one attached hydrogen (secondary N) is 2. The molecule has 160 valence electrons. The van der Waals surface area contributed by atoms with Gasteiger partial charge in [0, 0.05) is 18.7 Å². The van der Waals surface area contributed by atoms with Gasteiger partial charge in [-0.15, -0.1) is 24.0 Å². The quantitative estimate of drug-likeness (QED) is 0.302. The SMILES string of the molecule is CCNC(=NCc1cc(OC)c(OC)c(OC)c1)NCc1ccccc1OC.I. The van der Waals surface area contributed by atoms with Crippen molar-refractivity contribution in [3.63, 3.8) is 0 Å². The number of para-hydroxylation sites is 1. The van der Waals surface area contributed by atoms with Crippen LogP contribution < -0.4 is 29.6 Å². The minimum atomic E-state index is 0. The fraction of sp³-hybridized carbons (Fsp3) is 0.381. The molecule has 0 amide bonds. The molecule has 2 N–H and O–H groups in total. The maximum atomic E-state index is 5.41. The van der Waals surface area contributed by atoms with Crippen LogP contribution in [0.25, 0.3) is 0 Å². The number of aliphatic imine (C=N–C) groups is 1. The third-order valence-corrected chi connectivity index (χ3v) is 4.13. The Morgan fingerprint density at radius 3 is 2.03 bits per heavy atom. The lowest BCUT2D eigenvalue weighted by Gasteiger charge is -2.15. The molecule has 0 spiro atoms. The highest BCUT2D eigenvalue weighted by molar-refractivity contribution is 14.0. The van der Waals surface area contributed by atoms with E-state index in [1.807, 2.05) is 43.3 Å². The minimum Gasteiger partial charge on any atom is -0.496 e. The van der Waals surface area contributed by atoms with Crippen molar-refractivity contribution in [1.29, 1.82) is 0 Å². The topological polar surface area (TPSA) is 73.3 Å². The van der Waals surface area contributed by atoms with Crippen LogP contribution >= 0.6 is 24.0 Å². The van der Waals surface area contributed by atoms with E-state index in [0.717, 1.165) is 23.4 Å². The number of hydrogen-bond donors (Lipinski definition) is 2. The largest absolute Gasteiger partial charge is 0.496 e. The average molecular weight is 515 g/mol. The Balaban J connectivity index is 0.00000420. The van der Waals surface area contributed by atoms with Crippen LogP contribution in [0.15, 0.2) is 41.4 Å². The van der Waals surface area contributed by atoms with Gasteiger partial charge in [0.1, 0.15) is 5.75 Å². The molecule has 0 aliphatic heterocycles. The van der Waals surface area contributed by atoms with Crippen LogP contribution in [-0.4, -0.2) is 40.9 Å². The number of benzene rings is 2. The lowest BCUT2D eigenvalue weighted by Crippen LogP contribution is -2.36. The molecule has 7 nitrogen and oxygen atoms in total. The third kappa shape index (κ3) is 6.88. The Bertz CT molecular complexity index is 774. The van der Waals surface area contributed by atoms with Gasteiger partial charge in [-0.05, 0) is 30.7 Å². The monoisotopic (exact) mass is 515 g/mol. The van der Waals surface area contributed by atoms with Gasteiger partial charge in [0.25, 0.3) is 0 Å². The van der Waals surface area contributed by atoms with Crippen molar-refractivity contribution >= 4 is 29.9 Å². The summed E-state index contributed by atoms with van der Waals surface area (Å²) in [6.07, 6.45) is 0. The molecule has 2 aromatic carbocycles. The van der Waals surface area contributed by atoms with Crippen molar-refractivity contribution < 1.29 is 18.9 Å². The summed E-state index contributed by atoms with van der Waals surface area (Å²) in [6, 6.07) is 11.7. The van der Waals surface area contributed by atoms with Crippen LogP contribution in [0.3, 0.4) is 0 Å². The molecule has 0 saturated heterocycles. The molecule has 2 aromatic rings. The Morgan fingerprint density at radius 1 is 0.862 bits per heavy atom. The standard InChI is InChI=1S/C21H29N3O4.HI/c1-6-22-21(24-14-16-9-7-8-10-17(16)25-2)23-13-15-11-18(26-3)20(28-5)19(12-15)27-4;/h7-12H,6,13-14H2,1-5H3,(H2,22,23,24);1H. The smallest absolute Gasteiger partial charge is 0.203 e. The molecule has 0 unspecified atom stereocenters. The van der Waals surface area contributed by atoms with Gasteiger partial charge in [0.05, 0.1) is 35.0 Å². The van der Waals surface area contributed by atoms with Crippen molar-refractivity contribution in [2.24, 2.45) is 4.99 Å². The Kier molecular flexibility index (Phi) is 11.0. The van der Waals surface area contributed by atoms with Crippen LogP contribution in [-0.2, 0) is 13.1 Å². The van der Waals surface area contributed by atoms with Gasteiger partial charge in [-0.3, -0.25) is 0 Å². The number of rotatable bonds is 9. The summed E-state index contributed by atoms with van der Waals surface area (Å²) in [5.74, 6) is 3.34. The number of methoxy groups -OCH3 is 4. The number of nitrogens with zero attached hydrogens (tertiary/aromatic N) is 1. The van der Waals surface area contributed by atoms with Crippen molar-refractivity contribution in [2.75, 3.05) is 35.0 Å². The van der Waals surface area contributed by atoms with Crippen LogP contribution in [0.4, 0.5) is 0 Å². The van der Waals surface area contributed by atoms with Gasteiger partial charge in [0.2, 0.25) is 5.75 Å². The highest BCUT2D eigenvalue weighted by Gasteiger charge is 2.13. The van der Waals surface area contributed by atoms with Crippen molar-refractivity contribution in [3.05, 3.63) is 47.5 Å². The number of guanidine groups is 1. The predicted octanol–water partition coefficient (Wildman–Crippen LogP) is 3.59. The zero-order valence-corrected chi connectivity index (χ0v) is 19.9. The van der Waals surface area contributed by atoms with E-state index in [2.05, 4.69) is 15.6 Å². The summed E-state index contributed by atoms with van der Waals surface area (Å²) in [7, 11) is 6.46. The summed E-state index contributed by atoms with van der Waals surface area (Å²) in [5.41, 5.74) is 2.01. The summed E-state index contributed by atoms with van der Waals surface area (Å²) in [6.45, 7) is 3.84. The Hall–Kier alpha value is -2.36. The molecule has 8 heteroatoms. The zero-order valence-electron chi connectivity index (χ0n) is 17.6. The van der Waals surface area contributed by atoms with Crippen LogP contribution in [0, 0.1) is 0 Å². The van der Waals surface area contributed by atoms with Crippen molar-refractivity contribution in [1.82, 2.24) is 10.6 Å². The first-order chi connectivity index (χ1) is 13.7. The highest BCUT2D eigenvalue weighted by Crippen LogP contribution is 2.38. The van der Waals surface area contributed by atoms with Crippen molar-refractivity contribution in [3.8, 4) is 23.0 Å². The molecule has 0 bridgehead atoms. The molecule has 2 rings (SSSR count). The van der Waals surface area contributed by atoms with E-state index in [4.69, 9.17) is 18.9 Å². The molecule has 0 fully saturated rings. The van der Waals surface area contributed by atoms with Gasteiger partial charge >= 0.3 is 0 Å². The summed E-state index contributed by atoms with van der Waals surface area (Å²) < 4.78 is 21.6. The molecule has 0 aliphatic carbocycles. The lowest BCUT2D eigenvalue weighted by molar-refractivity contribution is 0.324. The number of hydrogen-bond acceptors (Lipinski definition) is 5. The maximum absolute atomic E-state index is 5.41. The second-order valence-corrected chi connectivity index (χ2v) is 5.89. The van der Waals surface area contributed by atoms with E-state index in [-0.39, 0.29) is 24.0 Å². The minimum absolute atomic E-state index is 0. The van der Waals surface area contributed by atoms with Crippen LogP contribution in [0.5, 0.6) is 23.0 Å². The van der Waals surface area contributed by atoms with E-state index in [9.17, 15) is 0 Å². The van der Waals surface area contributed by atoms with Gasteiger partial charge in [-0.25, -0.2) is 4.99 Å². The zero-order chi connectivity index (χ0) is 20.4. The number of ether oxygens (including phenoxy) is 4. The Morgan fingerprint density at radius 2 is 1.48 bits per heavy atom. The highest BCUT2D eigenvalue weighted by atomic mass is 127. The molecular formula is C21H30IN3O4. The van der Waals surface area contributed by atoms with E-state index in [0.29, 0.717) is 36.3 Å². The Labute approximate surface area is 189 Å². The van der Waals surface area contributed by atoms with Crippen molar-refractivity contribution in [2.45, 2.75) is 20.0 Å². The third-order valence-electron chi connectivity index (χ3n) is 4.13. The summed E-state index contributed by atoms with van der Waals surface area (Å²) >= 11 is 0. The lowest BCUT2D eigenvalue weighted by atomic mass is 10.2. The predicted molar refractivity (Wildman–Crippen MR) is 126 cm³/mol. The van der Waals surface area contributed by atoms with Gasteiger partial charge in [0.15, 0.2) is 17.5 Å². The van der Waals surface area contributed by atoms with Gasteiger partial charge in [-0.2, -0.15) is 0 Å². The molecule has 0 aliphatic rings. The summed E-state index contributed by atoms with van der Waals surface area (Å²) in [4.78, 5) is 4.66. The average Bonchev–Trinajstić information content (AvgIpc) is 2.74. The van der Waals surface area contributed by atoms with E-state index >= 15 is 0 Å².